The molecule has 16 heteroatoms. The Bertz CT molecular complexity index is 1200. The first-order valence-electron chi connectivity index (χ1n) is 10.0. The number of primary sulfonamides is 1. The van der Waals surface area contributed by atoms with Gasteiger partial charge in [0.25, 0.3) is 0 Å². The van der Waals surface area contributed by atoms with Crippen molar-refractivity contribution < 1.29 is 21.9 Å². The van der Waals surface area contributed by atoms with Gasteiger partial charge in [0.2, 0.25) is 25.9 Å². The van der Waals surface area contributed by atoms with E-state index in [0.29, 0.717) is 38.2 Å². The number of nitrogens with zero attached hydrogens (tertiary/aromatic N) is 4. The van der Waals surface area contributed by atoms with Crippen LogP contribution >= 0.6 is 0 Å². The van der Waals surface area contributed by atoms with E-state index in [0.717, 1.165) is 6.07 Å². The van der Waals surface area contributed by atoms with Crippen LogP contribution in [0.4, 0.5) is 5.69 Å². The van der Waals surface area contributed by atoms with Gasteiger partial charge in [-0.25, -0.2) is 26.7 Å². The molecule has 0 spiro atoms. The highest BCUT2D eigenvalue weighted by molar-refractivity contribution is 7.92. The molecule has 0 saturated carbocycles. The number of piperidine rings is 1. The van der Waals surface area contributed by atoms with Crippen LogP contribution < -0.4 is 26.2 Å². The quantitative estimate of drug-likeness (QED) is 0.198. The molecule has 0 bridgehead atoms. The van der Waals surface area contributed by atoms with Crippen LogP contribution in [0, 0.1) is 0 Å². The molecule has 3 rings (SSSR count). The summed E-state index contributed by atoms with van der Waals surface area (Å²) in [6.45, 7) is 0.900. The molecule has 2 heterocycles. The number of rotatable bonds is 9. The Balaban J connectivity index is 2.17. The fraction of sp³-hybridized carbons (Fsp3) is 0.471. The fourth-order valence-corrected chi connectivity index (χ4v) is 6.23. The molecule has 1 aliphatic rings. The summed E-state index contributed by atoms with van der Waals surface area (Å²) in [5.41, 5.74) is 12.4. The van der Waals surface area contributed by atoms with Gasteiger partial charge in [-0.05, 0) is 30.2 Å². The van der Waals surface area contributed by atoms with Crippen molar-refractivity contribution in [1.82, 2.24) is 25.3 Å². The molecule has 33 heavy (non-hydrogen) atoms. The summed E-state index contributed by atoms with van der Waals surface area (Å²) in [6, 6.07) is 2.63. The van der Waals surface area contributed by atoms with Crippen molar-refractivity contribution in [2.24, 2.45) is 16.6 Å². The molecule has 0 aliphatic carbocycles. The molecule has 2 aromatic rings. The number of aliphatic hydroxyl groups excluding tert-OH is 1. The monoisotopic (exact) mass is 501 g/mol. The highest BCUT2D eigenvalue weighted by atomic mass is 32.2. The largest absolute Gasteiger partial charge is 0.390 e. The number of hydrogen-bond donors (Lipinski definition) is 6. The Hall–Kier alpha value is -2.47. The molecule has 9 N–H and O–H groups in total. The summed E-state index contributed by atoms with van der Waals surface area (Å²) < 4.78 is 53.4. The lowest BCUT2D eigenvalue weighted by Gasteiger charge is -2.32. The molecule has 1 aromatic carbocycles. The number of aromatic nitrogens is 4. The first kappa shape index (κ1) is 25.2. The molecule has 1 atom stereocenters. The smallest absolute Gasteiger partial charge is 0.242 e. The van der Waals surface area contributed by atoms with Gasteiger partial charge in [-0.1, -0.05) is 11.6 Å². The second-order valence-electron chi connectivity index (χ2n) is 7.39. The summed E-state index contributed by atoms with van der Waals surface area (Å²) in [5.74, 6) is -0.128. The SMILES string of the molecule is NCC=C1CCN(c2ccc(S(=O)(=O)NCC(O)CN)c(S(N)(=O)=O)c2-c2nn[nH]n2)CC1. The number of aromatic amines is 1. The summed E-state index contributed by atoms with van der Waals surface area (Å²) in [4.78, 5) is 0.633. The van der Waals surface area contributed by atoms with E-state index in [2.05, 4.69) is 25.3 Å². The van der Waals surface area contributed by atoms with Crippen LogP contribution in [0.5, 0.6) is 0 Å². The maximum atomic E-state index is 13.0. The van der Waals surface area contributed by atoms with Crippen LogP contribution in [0.2, 0.25) is 0 Å². The van der Waals surface area contributed by atoms with Gasteiger partial charge in [0, 0.05) is 38.4 Å². The summed E-state index contributed by atoms with van der Waals surface area (Å²) >= 11 is 0. The number of H-pyrrole nitrogens is 1. The Morgan fingerprint density at radius 3 is 2.45 bits per heavy atom. The van der Waals surface area contributed by atoms with Crippen molar-refractivity contribution in [2.75, 3.05) is 37.6 Å². The minimum absolute atomic E-state index is 0.0836. The Morgan fingerprint density at radius 2 is 1.91 bits per heavy atom. The Kier molecular flexibility index (Phi) is 7.78. The third-order valence-electron chi connectivity index (χ3n) is 5.18. The Morgan fingerprint density at radius 1 is 1.21 bits per heavy atom. The highest BCUT2D eigenvalue weighted by Gasteiger charge is 2.33. The van der Waals surface area contributed by atoms with Gasteiger partial charge in [0.15, 0.2) is 0 Å². The number of sulfonamides is 2. The van der Waals surface area contributed by atoms with Crippen LogP contribution in [0.1, 0.15) is 12.8 Å². The lowest BCUT2D eigenvalue weighted by Crippen LogP contribution is -2.37. The number of tetrazole rings is 1. The number of nitrogens with two attached hydrogens (primary N) is 3. The van der Waals surface area contributed by atoms with Gasteiger partial charge in [-0.2, -0.15) is 5.21 Å². The topological polar surface area (TPSA) is 236 Å². The average Bonchev–Trinajstić information content (AvgIpc) is 3.31. The third kappa shape index (κ3) is 5.72. The first-order chi connectivity index (χ1) is 15.6. The van der Waals surface area contributed by atoms with Crippen LogP contribution in [0.25, 0.3) is 11.4 Å². The molecule has 0 amide bonds. The first-order valence-corrected chi connectivity index (χ1v) is 13.1. The normalized spacial score (nSPS) is 16.1. The molecule has 0 radical (unpaired) electrons. The second-order valence-corrected chi connectivity index (χ2v) is 10.6. The summed E-state index contributed by atoms with van der Waals surface area (Å²) in [7, 11) is -8.99. The van der Waals surface area contributed by atoms with Gasteiger partial charge in [-0.3, -0.25) is 0 Å². The lowest BCUT2D eigenvalue weighted by atomic mass is 10.0. The van der Waals surface area contributed by atoms with E-state index >= 15 is 0 Å². The maximum absolute atomic E-state index is 13.0. The Labute approximate surface area is 191 Å². The van der Waals surface area contributed by atoms with E-state index in [4.69, 9.17) is 16.6 Å². The van der Waals surface area contributed by atoms with Crippen LogP contribution in [-0.4, -0.2) is 81.4 Å². The van der Waals surface area contributed by atoms with Crippen molar-refractivity contribution in [1.29, 1.82) is 0 Å². The molecule has 1 aromatic heterocycles. The fourth-order valence-electron chi connectivity index (χ4n) is 3.57. The van der Waals surface area contributed by atoms with E-state index < -0.39 is 42.5 Å². The predicted molar refractivity (Wildman–Crippen MR) is 120 cm³/mol. The third-order valence-corrected chi connectivity index (χ3v) is 7.76. The van der Waals surface area contributed by atoms with Crippen molar-refractivity contribution in [2.45, 2.75) is 28.7 Å². The maximum Gasteiger partial charge on any atom is 0.242 e. The minimum Gasteiger partial charge on any atom is -0.390 e. The standard InChI is InChI=1S/C17H27N9O5S2/c18-6-3-11-4-7-26(8-5-11)13-1-2-14(33(30,31)21-10-12(27)9-19)16(32(20,28)29)15(13)17-22-24-25-23-17/h1-3,12,21,27H,4-10,18-19H2,(H2,20,28,29)(H,22,23,24,25). The number of hydrogen-bond acceptors (Lipinski definition) is 11. The molecule has 1 saturated heterocycles. The van der Waals surface area contributed by atoms with E-state index in [1.165, 1.54) is 11.6 Å². The molecule has 1 fully saturated rings. The molecular weight excluding hydrogens is 474 g/mol. The van der Waals surface area contributed by atoms with Gasteiger partial charge in [0.1, 0.15) is 9.79 Å². The van der Waals surface area contributed by atoms with E-state index in [-0.39, 0.29) is 17.9 Å². The van der Waals surface area contributed by atoms with Gasteiger partial charge < -0.3 is 21.5 Å². The van der Waals surface area contributed by atoms with Crippen molar-refractivity contribution in [3.05, 3.63) is 23.8 Å². The van der Waals surface area contributed by atoms with E-state index in [1.807, 2.05) is 11.0 Å². The number of aliphatic hydroxyl groups is 1. The van der Waals surface area contributed by atoms with Crippen molar-refractivity contribution in [3.63, 3.8) is 0 Å². The minimum atomic E-state index is -4.58. The number of benzene rings is 1. The number of anilines is 1. The van der Waals surface area contributed by atoms with Gasteiger partial charge in [0.05, 0.1) is 11.7 Å². The summed E-state index contributed by atoms with van der Waals surface area (Å²) in [6.07, 6.45) is 2.20. The van der Waals surface area contributed by atoms with Crippen LogP contribution in [0.3, 0.4) is 0 Å². The number of nitrogens with one attached hydrogen (secondary N) is 2. The van der Waals surface area contributed by atoms with E-state index in [1.54, 1.807) is 0 Å². The summed E-state index contributed by atoms with van der Waals surface area (Å²) in [5, 5.41) is 28.6. The highest BCUT2D eigenvalue weighted by Crippen LogP contribution is 2.39. The van der Waals surface area contributed by atoms with Gasteiger partial charge in [-0.15, -0.1) is 10.2 Å². The lowest BCUT2D eigenvalue weighted by molar-refractivity contribution is 0.186. The zero-order valence-electron chi connectivity index (χ0n) is 17.7. The average molecular weight is 502 g/mol. The zero-order valence-corrected chi connectivity index (χ0v) is 19.3. The second kappa shape index (κ2) is 10.2. The van der Waals surface area contributed by atoms with Crippen LogP contribution in [-0.2, 0) is 20.0 Å². The molecule has 182 valence electrons. The molecular formula is C17H27N9O5S2. The molecule has 1 unspecified atom stereocenters. The predicted octanol–water partition coefficient (Wildman–Crippen LogP) is -2.40. The molecule has 14 nitrogen and oxygen atoms in total. The van der Waals surface area contributed by atoms with Crippen molar-refractivity contribution >= 4 is 25.7 Å². The van der Waals surface area contributed by atoms with Crippen LogP contribution in [0.15, 0.2) is 33.6 Å². The molecule has 1 aliphatic heterocycles. The van der Waals surface area contributed by atoms with Crippen molar-refractivity contribution in [3.8, 4) is 11.4 Å². The van der Waals surface area contributed by atoms with E-state index in [9.17, 15) is 21.9 Å². The zero-order chi connectivity index (χ0) is 24.2. The van der Waals surface area contributed by atoms with Gasteiger partial charge >= 0.3 is 0 Å².